The van der Waals surface area contributed by atoms with Crippen molar-refractivity contribution >= 4 is 33.3 Å². The molecule has 2 aromatic heterocycles. The van der Waals surface area contributed by atoms with Crippen molar-refractivity contribution in [2.24, 2.45) is 4.99 Å². The van der Waals surface area contributed by atoms with Crippen LogP contribution in [0, 0.1) is 27.7 Å². The Morgan fingerprint density at radius 3 is 1.94 bits per heavy atom. The average molecular weight is 833 g/mol. The molecule has 324 valence electrons. The number of aliphatic imine (C=N–C) groups is 1. The molecule has 2 aliphatic rings. The standard InChI is InChI=1S/C59H68N4/c1-34(2)45-18-17-19-46(35(3)4)54(45)63-55(61-58(15)33-41-25-37(6)38(7)27-50(41)59(58,63)16)40-28-43(57(12,13)14)30-44(29-40)62-52-21-20-36(5)24-48(52)49-26-39(8)47(32-53(49)62)51-31-42(22-23-60-51)56(9,10)11/h17-32,34-35H,33H2,1-16H3/t58-,59+/m1/s1. The predicted octanol–water partition coefficient (Wildman–Crippen LogP) is 15.4. The van der Waals surface area contributed by atoms with E-state index < -0.39 is 11.1 Å². The van der Waals surface area contributed by atoms with Crippen molar-refractivity contribution in [1.29, 1.82) is 0 Å². The van der Waals surface area contributed by atoms with Gasteiger partial charge in [0.2, 0.25) is 0 Å². The third-order valence-corrected chi connectivity index (χ3v) is 14.9. The number of rotatable bonds is 6. The lowest BCUT2D eigenvalue weighted by Gasteiger charge is -2.44. The molecule has 5 aromatic carbocycles. The number of pyridine rings is 1. The molecule has 0 spiro atoms. The van der Waals surface area contributed by atoms with E-state index in [9.17, 15) is 0 Å². The summed E-state index contributed by atoms with van der Waals surface area (Å²) in [4.78, 5) is 13.8. The smallest absolute Gasteiger partial charge is 0.137 e. The molecule has 3 heterocycles. The van der Waals surface area contributed by atoms with Crippen LogP contribution >= 0.6 is 0 Å². The minimum Gasteiger partial charge on any atom is -0.313 e. The van der Waals surface area contributed by atoms with E-state index in [4.69, 9.17) is 9.98 Å². The second kappa shape index (κ2) is 14.5. The third kappa shape index (κ3) is 6.69. The van der Waals surface area contributed by atoms with Crippen molar-refractivity contribution < 1.29 is 0 Å². The van der Waals surface area contributed by atoms with Gasteiger partial charge in [-0.05, 0) is 169 Å². The second-order valence-corrected chi connectivity index (χ2v) is 22.2. The first kappa shape index (κ1) is 42.8. The van der Waals surface area contributed by atoms with Gasteiger partial charge in [0.1, 0.15) is 5.84 Å². The van der Waals surface area contributed by atoms with Crippen molar-refractivity contribution in [2.75, 3.05) is 4.90 Å². The fourth-order valence-electron chi connectivity index (χ4n) is 10.8. The lowest BCUT2D eigenvalue weighted by atomic mass is 9.78. The van der Waals surface area contributed by atoms with Gasteiger partial charge in [0.05, 0.1) is 33.5 Å². The lowest BCUT2D eigenvalue weighted by molar-refractivity contribution is 0.321. The number of fused-ring (bicyclic) bond motifs is 6. The highest BCUT2D eigenvalue weighted by atomic mass is 15.4. The zero-order valence-corrected chi connectivity index (χ0v) is 40.9. The molecular formula is C59H68N4. The van der Waals surface area contributed by atoms with Crippen LogP contribution in [0.1, 0.15) is 156 Å². The summed E-state index contributed by atoms with van der Waals surface area (Å²) in [6.07, 6.45) is 2.87. The maximum Gasteiger partial charge on any atom is 0.137 e. The molecule has 63 heavy (non-hydrogen) atoms. The van der Waals surface area contributed by atoms with Crippen LogP contribution in [0.2, 0.25) is 0 Å². The first-order valence-corrected chi connectivity index (χ1v) is 23.3. The number of aryl methyl sites for hydroxylation is 4. The molecule has 1 aliphatic heterocycles. The maximum atomic E-state index is 6.06. The SMILES string of the molecule is Cc1ccc2c(c1)c1cc(C)c(-c3cc(C(C)(C)C)ccn3)cc1n2-c1cc(C2=N[C@]3(C)Cc4cc(C)c(C)cc4[C@]3(C)N2c2c(C(C)C)cccc2C(C)C)cc(C(C)(C)C)c1. The van der Waals surface area contributed by atoms with Crippen LogP contribution in [0.3, 0.4) is 0 Å². The quantitative estimate of drug-likeness (QED) is 0.167. The molecule has 1 aliphatic carbocycles. The summed E-state index contributed by atoms with van der Waals surface area (Å²) in [7, 11) is 0. The minimum atomic E-state index is -0.423. The van der Waals surface area contributed by atoms with Crippen molar-refractivity contribution in [3.8, 4) is 16.9 Å². The molecule has 0 saturated carbocycles. The molecule has 4 heteroatoms. The first-order valence-electron chi connectivity index (χ1n) is 23.3. The van der Waals surface area contributed by atoms with Gasteiger partial charge in [0, 0.05) is 40.2 Å². The predicted molar refractivity (Wildman–Crippen MR) is 270 cm³/mol. The van der Waals surface area contributed by atoms with Crippen LogP contribution < -0.4 is 4.90 Å². The van der Waals surface area contributed by atoms with Crippen LogP contribution in [-0.2, 0) is 22.8 Å². The van der Waals surface area contributed by atoms with Gasteiger partial charge in [0.25, 0.3) is 0 Å². The van der Waals surface area contributed by atoms with E-state index in [1.807, 2.05) is 6.20 Å². The Balaban J connectivity index is 1.36. The van der Waals surface area contributed by atoms with Crippen molar-refractivity contribution in [3.63, 3.8) is 0 Å². The van der Waals surface area contributed by atoms with E-state index in [1.54, 1.807) is 0 Å². The molecule has 0 N–H and O–H groups in total. The topological polar surface area (TPSA) is 33.4 Å². The van der Waals surface area contributed by atoms with E-state index in [0.29, 0.717) is 11.8 Å². The number of nitrogens with zero attached hydrogens (tertiary/aromatic N) is 4. The van der Waals surface area contributed by atoms with E-state index in [-0.39, 0.29) is 10.8 Å². The highest BCUT2D eigenvalue weighted by molar-refractivity contribution is 6.15. The summed E-state index contributed by atoms with van der Waals surface area (Å²) in [5, 5.41) is 2.52. The maximum absolute atomic E-state index is 6.06. The summed E-state index contributed by atoms with van der Waals surface area (Å²) in [5.41, 5.74) is 20.5. The summed E-state index contributed by atoms with van der Waals surface area (Å²) in [6, 6.07) is 35.4. The van der Waals surface area contributed by atoms with Gasteiger partial charge in [-0.1, -0.05) is 111 Å². The summed E-state index contributed by atoms with van der Waals surface area (Å²) < 4.78 is 2.52. The molecule has 0 unspecified atom stereocenters. The van der Waals surface area contributed by atoms with E-state index in [2.05, 4.69) is 211 Å². The van der Waals surface area contributed by atoms with Gasteiger partial charge in [-0.3, -0.25) is 9.98 Å². The molecule has 0 bridgehead atoms. The van der Waals surface area contributed by atoms with Gasteiger partial charge in [-0.25, -0.2) is 0 Å². The number of para-hydroxylation sites is 1. The molecular weight excluding hydrogens is 765 g/mol. The Kier molecular flexibility index (Phi) is 9.87. The molecule has 0 amide bonds. The zero-order valence-electron chi connectivity index (χ0n) is 40.9. The summed E-state index contributed by atoms with van der Waals surface area (Å²) in [5.74, 6) is 1.71. The molecule has 0 saturated heterocycles. The minimum absolute atomic E-state index is 0.0147. The van der Waals surface area contributed by atoms with Crippen LogP contribution in [-0.4, -0.2) is 20.9 Å². The Morgan fingerprint density at radius 1 is 0.635 bits per heavy atom. The first-order chi connectivity index (χ1) is 29.5. The highest BCUT2D eigenvalue weighted by Gasteiger charge is 2.62. The number of amidine groups is 1. The second-order valence-electron chi connectivity index (χ2n) is 22.2. The van der Waals surface area contributed by atoms with Crippen molar-refractivity contribution in [1.82, 2.24) is 9.55 Å². The Labute approximate surface area is 377 Å². The van der Waals surface area contributed by atoms with Crippen LogP contribution in [0.5, 0.6) is 0 Å². The van der Waals surface area contributed by atoms with Crippen molar-refractivity contribution in [3.05, 3.63) is 158 Å². The highest BCUT2D eigenvalue weighted by Crippen LogP contribution is 2.58. The van der Waals surface area contributed by atoms with E-state index in [1.165, 1.54) is 83.1 Å². The fraction of sp³-hybridized carbons (Fsp3) is 0.390. The van der Waals surface area contributed by atoms with Crippen LogP contribution in [0.15, 0.2) is 102 Å². The van der Waals surface area contributed by atoms with Crippen molar-refractivity contribution in [2.45, 2.75) is 151 Å². The molecule has 2 atom stereocenters. The molecule has 9 rings (SSSR count). The summed E-state index contributed by atoms with van der Waals surface area (Å²) in [6.45, 7) is 37.1. The number of aromatic nitrogens is 2. The molecule has 0 fully saturated rings. The van der Waals surface area contributed by atoms with Gasteiger partial charge in [-0.2, -0.15) is 0 Å². The number of hydrogen-bond acceptors (Lipinski definition) is 3. The summed E-state index contributed by atoms with van der Waals surface area (Å²) >= 11 is 0. The fourth-order valence-corrected chi connectivity index (χ4v) is 10.8. The third-order valence-electron chi connectivity index (χ3n) is 14.9. The Morgan fingerprint density at radius 2 is 1.29 bits per heavy atom. The molecule has 0 radical (unpaired) electrons. The zero-order chi connectivity index (χ0) is 45.3. The van der Waals surface area contributed by atoms with Gasteiger partial charge < -0.3 is 9.47 Å². The van der Waals surface area contributed by atoms with Gasteiger partial charge in [-0.15, -0.1) is 0 Å². The Bertz CT molecular complexity index is 3000. The number of hydrogen-bond donors (Lipinski definition) is 0. The lowest BCUT2D eigenvalue weighted by Crippen LogP contribution is -2.52. The van der Waals surface area contributed by atoms with Gasteiger partial charge in [0.15, 0.2) is 0 Å². The Hall–Kier alpha value is -5.48. The average Bonchev–Trinajstić information content (AvgIpc) is 3.72. The van der Waals surface area contributed by atoms with Crippen LogP contribution in [0.4, 0.5) is 5.69 Å². The van der Waals surface area contributed by atoms with Gasteiger partial charge >= 0.3 is 0 Å². The number of benzene rings is 5. The van der Waals surface area contributed by atoms with E-state index >= 15 is 0 Å². The molecule has 7 aromatic rings. The van der Waals surface area contributed by atoms with Crippen LogP contribution in [0.25, 0.3) is 38.8 Å². The molecule has 4 nitrogen and oxygen atoms in total. The largest absolute Gasteiger partial charge is 0.313 e. The van der Waals surface area contributed by atoms with E-state index in [0.717, 1.165) is 34.8 Å². The monoisotopic (exact) mass is 833 g/mol. The normalized spacial score (nSPS) is 18.9. The number of anilines is 1.